The second-order valence-corrected chi connectivity index (χ2v) is 5.29. The van der Waals surface area contributed by atoms with Gasteiger partial charge in [0.25, 0.3) is 0 Å². The summed E-state index contributed by atoms with van der Waals surface area (Å²) in [5.41, 5.74) is 5.80. The van der Waals surface area contributed by atoms with E-state index in [-0.39, 0.29) is 5.95 Å². The summed E-state index contributed by atoms with van der Waals surface area (Å²) in [5, 5.41) is 0. The maximum Gasteiger partial charge on any atom is 0.231 e. The highest BCUT2D eigenvalue weighted by molar-refractivity contribution is 7.98. The third kappa shape index (κ3) is 4.12. The van der Waals surface area contributed by atoms with E-state index in [1.807, 2.05) is 11.9 Å². The lowest BCUT2D eigenvalue weighted by atomic mass is 10.3. The van der Waals surface area contributed by atoms with Gasteiger partial charge >= 0.3 is 0 Å². The first-order chi connectivity index (χ1) is 9.03. The van der Waals surface area contributed by atoms with Gasteiger partial charge in [0.1, 0.15) is 0 Å². The van der Waals surface area contributed by atoms with E-state index in [9.17, 15) is 0 Å². The van der Waals surface area contributed by atoms with Gasteiger partial charge in [0, 0.05) is 31.9 Å². The van der Waals surface area contributed by atoms with Crippen LogP contribution in [0.2, 0.25) is 0 Å². The molecule has 7 heteroatoms. The monoisotopic (exact) mass is 284 g/mol. The van der Waals surface area contributed by atoms with Gasteiger partial charge in [-0.3, -0.25) is 0 Å². The van der Waals surface area contributed by atoms with E-state index in [0.717, 1.165) is 18.8 Å². The molecule has 108 valence electrons. The van der Waals surface area contributed by atoms with Crippen LogP contribution in [-0.4, -0.2) is 53.1 Å². The van der Waals surface area contributed by atoms with Crippen molar-refractivity contribution in [1.82, 2.24) is 15.0 Å². The molecule has 0 amide bonds. The summed E-state index contributed by atoms with van der Waals surface area (Å²) in [6, 6.07) is 0.348. The smallest absolute Gasteiger partial charge is 0.231 e. The number of hydrogen-bond acceptors (Lipinski definition) is 7. The topological polar surface area (TPSA) is 71.2 Å². The zero-order valence-corrected chi connectivity index (χ0v) is 13.2. The van der Waals surface area contributed by atoms with Crippen LogP contribution in [0.4, 0.5) is 17.8 Å². The Balaban J connectivity index is 3.01. The van der Waals surface area contributed by atoms with Gasteiger partial charge in [-0.05, 0) is 27.0 Å². The number of hydrogen-bond donors (Lipinski definition) is 1. The minimum absolute atomic E-state index is 0.273. The molecule has 0 saturated heterocycles. The Bertz CT molecular complexity index is 396. The molecule has 19 heavy (non-hydrogen) atoms. The van der Waals surface area contributed by atoms with E-state index in [4.69, 9.17) is 5.73 Å². The van der Waals surface area contributed by atoms with Gasteiger partial charge in [-0.15, -0.1) is 0 Å². The highest BCUT2D eigenvalue weighted by Gasteiger charge is 2.16. The van der Waals surface area contributed by atoms with E-state index < -0.39 is 0 Å². The number of aromatic nitrogens is 3. The number of nitrogen functional groups attached to an aromatic ring is 1. The molecule has 1 aromatic rings. The van der Waals surface area contributed by atoms with Gasteiger partial charge < -0.3 is 15.5 Å². The van der Waals surface area contributed by atoms with E-state index in [1.165, 1.54) is 0 Å². The van der Waals surface area contributed by atoms with Crippen molar-refractivity contribution in [2.45, 2.75) is 26.8 Å². The molecule has 6 nitrogen and oxygen atoms in total. The first-order valence-electron chi connectivity index (χ1n) is 6.51. The van der Waals surface area contributed by atoms with Gasteiger partial charge in [-0.1, -0.05) is 0 Å². The van der Waals surface area contributed by atoms with Gasteiger partial charge in [-0.25, -0.2) is 0 Å². The second kappa shape index (κ2) is 7.37. The van der Waals surface area contributed by atoms with Crippen LogP contribution >= 0.6 is 11.8 Å². The van der Waals surface area contributed by atoms with Crippen molar-refractivity contribution < 1.29 is 0 Å². The van der Waals surface area contributed by atoms with Crippen molar-refractivity contribution in [3.8, 4) is 0 Å². The molecule has 0 aromatic carbocycles. The molecule has 1 aromatic heterocycles. The minimum Gasteiger partial charge on any atom is -0.368 e. The fourth-order valence-electron chi connectivity index (χ4n) is 1.73. The van der Waals surface area contributed by atoms with Crippen LogP contribution in [0.3, 0.4) is 0 Å². The van der Waals surface area contributed by atoms with E-state index in [1.54, 1.807) is 11.8 Å². The predicted octanol–water partition coefficient (Wildman–Crippen LogP) is 1.49. The normalized spacial score (nSPS) is 12.3. The van der Waals surface area contributed by atoms with E-state index in [0.29, 0.717) is 17.9 Å². The molecule has 0 saturated carbocycles. The van der Waals surface area contributed by atoms with E-state index >= 15 is 0 Å². The number of rotatable bonds is 7. The fraction of sp³-hybridized carbons (Fsp3) is 0.750. The van der Waals surface area contributed by atoms with Crippen molar-refractivity contribution in [3.63, 3.8) is 0 Å². The molecule has 1 rings (SSSR count). The molecule has 0 spiro atoms. The summed E-state index contributed by atoms with van der Waals surface area (Å²) in [6.45, 7) is 7.99. The molecule has 1 heterocycles. The Labute approximate surface area is 119 Å². The molecule has 1 unspecified atom stereocenters. The zero-order chi connectivity index (χ0) is 14.4. The Kier molecular flexibility index (Phi) is 6.14. The Morgan fingerprint density at radius 1 is 1.16 bits per heavy atom. The fourth-order valence-corrected chi connectivity index (χ4v) is 2.43. The third-order valence-electron chi connectivity index (χ3n) is 3.06. The maximum atomic E-state index is 5.80. The summed E-state index contributed by atoms with van der Waals surface area (Å²) in [7, 11) is 1.99. The molecule has 0 aliphatic rings. The first kappa shape index (κ1) is 15.8. The van der Waals surface area contributed by atoms with Crippen molar-refractivity contribution in [1.29, 1.82) is 0 Å². The lowest BCUT2D eigenvalue weighted by molar-refractivity contribution is 0.727. The SMILES string of the molecule is CCN(CC)c1nc(N)nc(N(C)C(C)CSC)n1. The molecule has 0 fully saturated rings. The second-order valence-electron chi connectivity index (χ2n) is 4.38. The predicted molar refractivity (Wildman–Crippen MR) is 84.0 cm³/mol. The third-order valence-corrected chi connectivity index (χ3v) is 3.88. The molecule has 2 N–H and O–H groups in total. The summed E-state index contributed by atoms with van der Waals surface area (Å²) < 4.78 is 0. The van der Waals surface area contributed by atoms with Crippen LogP contribution in [0.5, 0.6) is 0 Å². The van der Waals surface area contributed by atoms with Crippen LogP contribution in [-0.2, 0) is 0 Å². The summed E-state index contributed by atoms with van der Waals surface area (Å²) >= 11 is 1.80. The summed E-state index contributed by atoms with van der Waals surface area (Å²) in [5.74, 6) is 2.57. The average Bonchev–Trinajstić information content (AvgIpc) is 2.39. The average molecular weight is 284 g/mol. The van der Waals surface area contributed by atoms with Gasteiger partial charge in [0.05, 0.1) is 0 Å². The van der Waals surface area contributed by atoms with Crippen LogP contribution < -0.4 is 15.5 Å². The molecule has 0 aliphatic heterocycles. The Hall–Kier alpha value is -1.24. The number of nitrogens with two attached hydrogens (primary N) is 1. The first-order valence-corrected chi connectivity index (χ1v) is 7.91. The van der Waals surface area contributed by atoms with Gasteiger partial charge in [0.2, 0.25) is 17.8 Å². The standard InChI is InChI=1S/C12H24N6S/c1-6-18(7-2)12-15-10(13)14-11(16-12)17(4)9(3)8-19-5/h9H,6-8H2,1-5H3,(H2,13,14,15,16). The number of nitrogens with zero attached hydrogens (tertiary/aromatic N) is 5. The van der Waals surface area contributed by atoms with Crippen molar-refractivity contribution in [3.05, 3.63) is 0 Å². The van der Waals surface area contributed by atoms with Crippen LogP contribution in [0.15, 0.2) is 0 Å². The molecule has 0 bridgehead atoms. The highest BCUT2D eigenvalue weighted by Crippen LogP contribution is 2.17. The molecular weight excluding hydrogens is 260 g/mol. The number of anilines is 3. The van der Waals surface area contributed by atoms with Crippen molar-refractivity contribution in [2.24, 2.45) is 0 Å². The van der Waals surface area contributed by atoms with Crippen LogP contribution in [0.25, 0.3) is 0 Å². The molecule has 1 atom stereocenters. The summed E-state index contributed by atoms with van der Waals surface area (Å²) in [4.78, 5) is 17.1. The van der Waals surface area contributed by atoms with Crippen LogP contribution in [0.1, 0.15) is 20.8 Å². The Morgan fingerprint density at radius 3 is 2.26 bits per heavy atom. The highest BCUT2D eigenvalue weighted by atomic mass is 32.2. The summed E-state index contributed by atoms with van der Waals surface area (Å²) in [6.07, 6.45) is 2.09. The molecular formula is C12H24N6S. The van der Waals surface area contributed by atoms with Crippen molar-refractivity contribution in [2.75, 3.05) is 47.7 Å². The van der Waals surface area contributed by atoms with E-state index in [2.05, 4.69) is 46.9 Å². The van der Waals surface area contributed by atoms with Crippen LogP contribution in [0, 0.1) is 0 Å². The molecule has 0 radical (unpaired) electrons. The Morgan fingerprint density at radius 2 is 1.74 bits per heavy atom. The zero-order valence-electron chi connectivity index (χ0n) is 12.4. The largest absolute Gasteiger partial charge is 0.368 e. The molecule has 0 aliphatic carbocycles. The lowest BCUT2D eigenvalue weighted by Crippen LogP contribution is -2.33. The van der Waals surface area contributed by atoms with Crippen molar-refractivity contribution >= 4 is 29.6 Å². The van der Waals surface area contributed by atoms with Gasteiger partial charge in [-0.2, -0.15) is 26.7 Å². The minimum atomic E-state index is 0.273. The maximum absolute atomic E-state index is 5.80. The van der Waals surface area contributed by atoms with Gasteiger partial charge in [0.15, 0.2) is 0 Å². The quantitative estimate of drug-likeness (QED) is 0.813. The lowest BCUT2D eigenvalue weighted by Gasteiger charge is -2.26. The number of thioether (sulfide) groups is 1.